The first-order valence-electron chi connectivity index (χ1n) is 3.25. The van der Waals surface area contributed by atoms with E-state index in [0.29, 0.717) is 0 Å². The molecule has 0 fully saturated rings. The third-order valence-corrected chi connectivity index (χ3v) is 1.76. The van der Waals surface area contributed by atoms with Crippen LogP contribution in [0.3, 0.4) is 0 Å². The lowest BCUT2D eigenvalue weighted by molar-refractivity contribution is 0.233. The molecule has 1 atom stereocenters. The largest absolute Gasteiger partial charge is 0.376 e. The van der Waals surface area contributed by atoms with Gasteiger partial charge in [-0.25, -0.2) is 4.39 Å². The Morgan fingerprint density at radius 1 is 1.58 bits per heavy atom. The van der Waals surface area contributed by atoms with Crippen LogP contribution in [0.1, 0.15) is 11.7 Å². The van der Waals surface area contributed by atoms with Crippen LogP contribution >= 0.6 is 11.6 Å². The van der Waals surface area contributed by atoms with Gasteiger partial charge in [-0.2, -0.15) is 0 Å². The highest BCUT2D eigenvalue weighted by molar-refractivity contribution is 6.31. The van der Waals surface area contributed by atoms with Gasteiger partial charge in [0.2, 0.25) is 0 Å². The Morgan fingerprint density at radius 2 is 2.25 bits per heavy atom. The van der Waals surface area contributed by atoms with E-state index in [-0.39, 0.29) is 10.6 Å². The normalized spacial score (nSPS) is 12.2. The van der Waals surface area contributed by atoms with Crippen molar-refractivity contribution < 1.29 is 9.50 Å². The minimum Gasteiger partial charge on any atom is -0.376 e. The van der Waals surface area contributed by atoms with Crippen LogP contribution in [0.4, 0.5) is 4.39 Å². The molecule has 3 heteroatoms. The Hall–Kier alpha value is -1.04. The highest BCUT2D eigenvalue weighted by Crippen LogP contribution is 2.24. The molecule has 0 spiro atoms. The van der Waals surface area contributed by atoms with E-state index in [1.807, 2.05) is 5.92 Å². The Labute approximate surface area is 74.8 Å². The monoisotopic (exact) mass is 184 g/mol. The minimum atomic E-state index is -1.28. The van der Waals surface area contributed by atoms with Gasteiger partial charge in [0.05, 0.1) is 5.02 Å². The molecule has 1 nitrogen and oxygen atoms in total. The molecule has 0 amide bonds. The van der Waals surface area contributed by atoms with Crippen LogP contribution in [-0.2, 0) is 0 Å². The van der Waals surface area contributed by atoms with Gasteiger partial charge in [0.25, 0.3) is 0 Å². The third-order valence-electron chi connectivity index (χ3n) is 1.43. The molecule has 1 aromatic rings. The van der Waals surface area contributed by atoms with E-state index < -0.39 is 11.9 Å². The first kappa shape index (κ1) is 9.05. The smallest absolute Gasteiger partial charge is 0.144 e. The molecule has 0 saturated carbocycles. The maximum absolute atomic E-state index is 12.9. The number of benzene rings is 1. The standard InChI is InChI=1S/C9H6ClFO/c1-2-8(12)9-6(10)4-3-5-7(9)11/h1,3-5,8,12H/t8-/m1/s1. The van der Waals surface area contributed by atoms with Gasteiger partial charge >= 0.3 is 0 Å². The van der Waals surface area contributed by atoms with Crippen LogP contribution in [0.2, 0.25) is 5.02 Å². The average Bonchev–Trinajstić information content (AvgIpc) is 2.03. The van der Waals surface area contributed by atoms with Gasteiger partial charge in [0, 0.05) is 5.56 Å². The molecule has 0 radical (unpaired) electrons. The fourth-order valence-electron chi connectivity index (χ4n) is 0.855. The first-order valence-corrected chi connectivity index (χ1v) is 3.62. The Balaban J connectivity index is 3.23. The van der Waals surface area contributed by atoms with Crippen molar-refractivity contribution >= 4 is 11.6 Å². The number of terminal acetylenes is 1. The molecule has 0 aliphatic carbocycles. The van der Waals surface area contributed by atoms with Gasteiger partial charge in [0.1, 0.15) is 11.9 Å². The summed E-state index contributed by atoms with van der Waals surface area (Å²) in [7, 11) is 0. The lowest BCUT2D eigenvalue weighted by Crippen LogP contribution is -1.98. The zero-order chi connectivity index (χ0) is 9.14. The van der Waals surface area contributed by atoms with Gasteiger partial charge in [-0.1, -0.05) is 23.6 Å². The maximum atomic E-state index is 12.9. The lowest BCUT2D eigenvalue weighted by atomic mass is 10.1. The molecular weight excluding hydrogens is 179 g/mol. The molecular formula is C9H6ClFO. The lowest BCUT2D eigenvalue weighted by Gasteiger charge is -2.06. The van der Waals surface area contributed by atoms with Crippen molar-refractivity contribution in [3.8, 4) is 12.3 Å². The summed E-state index contributed by atoms with van der Waals surface area (Å²) in [6, 6.07) is 4.12. The number of halogens is 2. The summed E-state index contributed by atoms with van der Waals surface area (Å²) >= 11 is 5.61. The number of aliphatic hydroxyl groups excluding tert-OH is 1. The molecule has 1 aromatic carbocycles. The van der Waals surface area contributed by atoms with Gasteiger partial charge in [-0.05, 0) is 12.1 Å². The molecule has 1 rings (SSSR count). The van der Waals surface area contributed by atoms with Crippen LogP contribution in [0.25, 0.3) is 0 Å². The molecule has 0 aromatic heterocycles. The van der Waals surface area contributed by atoms with Gasteiger partial charge in [-0.3, -0.25) is 0 Å². The predicted molar refractivity (Wildman–Crippen MR) is 45.2 cm³/mol. The second-order valence-electron chi connectivity index (χ2n) is 2.20. The van der Waals surface area contributed by atoms with Crippen LogP contribution < -0.4 is 0 Å². The zero-order valence-corrected chi connectivity index (χ0v) is 6.85. The van der Waals surface area contributed by atoms with Crippen molar-refractivity contribution in [1.29, 1.82) is 0 Å². The fourth-order valence-corrected chi connectivity index (χ4v) is 1.12. The molecule has 0 saturated heterocycles. The fraction of sp³-hybridized carbons (Fsp3) is 0.111. The summed E-state index contributed by atoms with van der Waals surface area (Å²) in [6.45, 7) is 0. The van der Waals surface area contributed by atoms with E-state index in [0.717, 1.165) is 0 Å². The number of hydrogen-bond donors (Lipinski definition) is 1. The van der Waals surface area contributed by atoms with E-state index in [4.69, 9.17) is 23.1 Å². The number of aliphatic hydroxyl groups is 1. The highest BCUT2D eigenvalue weighted by atomic mass is 35.5. The molecule has 0 heterocycles. The predicted octanol–water partition coefficient (Wildman–Crippen LogP) is 2.15. The van der Waals surface area contributed by atoms with Gasteiger partial charge in [-0.15, -0.1) is 6.42 Å². The quantitative estimate of drug-likeness (QED) is 0.663. The van der Waals surface area contributed by atoms with Crippen molar-refractivity contribution in [2.75, 3.05) is 0 Å². The molecule has 0 aliphatic heterocycles. The molecule has 0 bridgehead atoms. The molecule has 1 N–H and O–H groups in total. The van der Waals surface area contributed by atoms with Gasteiger partial charge < -0.3 is 5.11 Å². The van der Waals surface area contributed by atoms with E-state index in [9.17, 15) is 4.39 Å². The molecule has 0 aliphatic rings. The van der Waals surface area contributed by atoms with E-state index in [2.05, 4.69) is 0 Å². The summed E-state index contributed by atoms with van der Waals surface area (Å²) in [5, 5.41) is 9.27. The van der Waals surface area contributed by atoms with Crippen LogP contribution in [-0.4, -0.2) is 5.11 Å². The second-order valence-corrected chi connectivity index (χ2v) is 2.61. The number of rotatable bonds is 1. The molecule has 12 heavy (non-hydrogen) atoms. The average molecular weight is 185 g/mol. The van der Waals surface area contributed by atoms with E-state index in [1.165, 1.54) is 18.2 Å². The zero-order valence-electron chi connectivity index (χ0n) is 6.09. The Bertz CT molecular complexity index is 310. The Morgan fingerprint density at radius 3 is 2.75 bits per heavy atom. The summed E-state index contributed by atoms with van der Waals surface area (Å²) in [6.07, 6.45) is 3.64. The summed E-state index contributed by atoms with van der Waals surface area (Å²) < 4.78 is 12.9. The second kappa shape index (κ2) is 3.57. The van der Waals surface area contributed by atoms with Crippen LogP contribution in [0.15, 0.2) is 18.2 Å². The van der Waals surface area contributed by atoms with Crippen LogP contribution in [0, 0.1) is 18.2 Å². The highest BCUT2D eigenvalue weighted by Gasteiger charge is 2.13. The van der Waals surface area contributed by atoms with Crippen LogP contribution in [0.5, 0.6) is 0 Å². The summed E-state index contributed by atoms with van der Waals surface area (Å²) in [5.41, 5.74) is -0.0401. The van der Waals surface area contributed by atoms with Crippen molar-refractivity contribution in [2.24, 2.45) is 0 Å². The summed E-state index contributed by atoms with van der Waals surface area (Å²) in [4.78, 5) is 0. The SMILES string of the molecule is C#C[C@@H](O)c1c(F)cccc1Cl. The maximum Gasteiger partial charge on any atom is 0.144 e. The van der Waals surface area contributed by atoms with E-state index >= 15 is 0 Å². The van der Waals surface area contributed by atoms with Gasteiger partial charge in [0.15, 0.2) is 0 Å². The van der Waals surface area contributed by atoms with Crippen molar-refractivity contribution in [3.05, 3.63) is 34.6 Å². The summed E-state index contributed by atoms with van der Waals surface area (Å²) in [5.74, 6) is 1.40. The van der Waals surface area contributed by atoms with Crippen molar-refractivity contribution in [1.82, 2.24) is 0 Å². The topological polar surface area (TPSA) is 20.2 Å². The minimum absolute atomic E-state index is 0.0401. The molecule has 0 unspecified atom stereocenters. The molecule has 62 valence electrons. The van der Waals surface area contributed by atoms with E-state index in [1.54, 1.807) is 0 Å². The van der Waals surface area contributed by atoms with Crippen molar-refractivity contribution in [3.63, 3.8) is 0 Å². The first-order chi connectivity index (χ1) is 5.66. The third kappa shape index (κ3) is 1.58. The Kier molecular flexibility index (Phi) is 2.69. The number of hydrogen-bond acceptors (Lipinski definition) is 1. The van der Waals surface area contributed by atoms with Crippen molar-refractivity contribution in [2.45, 2.75) is 6.10 Å².